The lowest BCUT2D eigenvalue weighted by atomic mass is 9.96. The Labute approximate surface area is 122 Å². The molecule has 0 radical (unpaired) electrons. The van der Waals surface area contributed by atoms with Gasteiger partial charge in [-0.15, -0.1) is 0 Å². The van der Waals surface area contributed by atoms with Gasteiger partial charge in [-0.05, 0) is 32.1 Å². The van der Waals surface area contributed by atoms with Crippen molar-refractivity contribution in [3.05, 3.63) is 0 Å². The number of Topliss-reactive ketones (excluding diaryl/α,β-unsaturated/α-hetero) is 1. The topological polar surface area (TPSA) is 54.5 Å². The highest BCUT2D eigenvalue weighted by Gasteiger charge is 2.42. The van der Waals surface area contributed by atoms with E-state index in [1.807, 2.05) is 0 Å². The Balaban J connectivity index is 1.99. The van der Waals surface area contributed by atoms with Crippen LogP contribution in [0.3, 0.4) is 0 Å². The van der Waals surface area contributed by atoms with E-state index in [1.54, 1.807) is 0 Å². The van der Waals surface area contributed by atoms with Gasteiger partial charge in [-0.25, -0.2) is 8.42 Å². The van der Waals surface area contributed by atoms with Crippen molar-refractivity contribution in [1.82, 2.24) is 4.31 Å². The molecule has 0 spiro atoms. The maximum atomic E-state index is 12.2. The highest BCUT2D eigenvalue weighted by molar-refractivity contribution is 7.89. The Morgan fingerprint density at radius 2 is 1.90 bits per heavy atom. The highest BCUT2D eigenvalue weighted by atomic mass is 32.2. The molecule has 1 aliphatic carbocycles. The van der Waals surface area contributed by atoms with E-state index in [0.717, 1.165) is 6.42 Å². The first-order valence-corrected chi connectivity index (χ1v) is 8.90. The van der Waals surface area contributed by atoms with Gasteiger partial charge in [-0.1, -0.05) is 0 Å². The minimum atomic E-state index is -4.33. The quantitative estimate of drug-likeness (QED) is 0.779. The Morgan fingerprint density at radius 1 is 1.19 bits per heavy atom. The standard InChI is InChI=1S/C13H20F3NO3S/c14-13(15,16)7-3-9-21(19,20)17-8-2-5-11(17)10-4-1-6-12(10)18/h10-11H,1-9H2. The number of rotatable bonds is 5. The van der Waals surface area contributed by atoms with E-state index >= 15 is 0 Å². The summed E-state index contributed by atoms with van der Waals surface area (Å²) < 4.78 is 62.2. The third-order valence-corrected chi connectivity index (χ3v) is 6.26. The fourth-order valence-electron chi connectivity index (χ4n) is 3.34. The predicted octanol–water partition coefficient (Wildman–Crippen LogP) is 2.49. The van der Waals surface area contributed by atoms with Crippen molar-refractivity contribution in [2.45, 2.75) is 57.2 Å². The summed E-state index contributed by atoms with van der Waals surface area (Å²) in [5, 5.41) is 0. The molecule has 21 heavy (non-hydrogen) atoms. The fourth-order valence-corrected chi connectivity index (χ4v) is 5.15. The first-order valence-electron chi connectivity index (χ1n) is 7.30. The zero-order chi connectivity index (χ0) is 15.7. The molecular weight excluding hydrogens is 307 g/mol. The lowest BCUT2D eigenvalue weighted by Gasteiger charge is -2.27. The molecule has 1 saturated heterocycles. The van der Waals surface area contributed by atoms with Crippen LogP contribution in [-0.2, 0) is 14.8 Å². The Morgan fingerprint density at radius 3 is 2.48 bits per heavy atom. The molecule has 1 saturated carbocycles. The lowest BCUT2D eigenvalue weighted by Crippen LogP contribution is -2.42. The van der Waals surface area contributed by atoms with Crippen LogP contribution >= 0.6 is 0 Å². The summed E-state index contributed by atoms with van der Waals surface area (Å²) in [4.78, 5) is 11.8. The van der Waals surface area contributed by atoms with Crippen molar-refractivity contribution in [3.8, 4) is 0 Å². The minimum Gasteiger partial charge on any atom is -0.299 e. The van der Waals surface area contributed by atoms with Gasteiger partial charge in [0, 0.05) is 31.3 Å². The number of halogens is 3. The maximum absolute atomic E-state index is 12.2. The van der Waals surface area contributed by atoms with Crippen molar-refractivity contribution in [2.75, 3.05) is 12.3 Å². The molecule has 122 valence electrons. The lowest BCUT2D eigenvalue weighted by molar-refractivity contribution is -0.134. The molecule has 1 heterocycles. The van der Waals surface area contributed by atoms with Crippen LogP contribution in [0.5, 0.6) is 0 Å². The molecule has 0 N–H and O–H groups in total. The molecule has 2 unspecified atom stereocenters. The molecule has 0 bridgehead atoms. The van der Waals surface area contributed by atoms with Crippen LogP contribution in [0, 0.1) is 5.92 Å². The van der Waals surface area contributed by atoms with Crippen molar-refractivity contribution >= 4 is 15.8 Å². The van der Waals surface area contributed by atoms with Gasteiger partial charge in [0.25, 0.3) is 0 Å². The summed E-state index contributed by atoms with van der Waals surface area (Å²) in [5.74, 6) is -0.661. The van der Waals surface area contributed by atoms with Gasteiger partial charge in [0.05, 0.1) is 5.75 Å². The summed E-state index contributed by atoms with van der Waals surface area (Å²) in [6, 6.07) is -0.337. The zero-order valence-corrected chi connectivity index (χ0v) is 12.5. The van der Waals surface area contributed by atoms with Crippen LogP contribution in [-0.4, -0.2) is 43.0 Å². The third-order valence-electron chi connectivity index (χ3n) is 4.28. The van der Waals surface area contributed by atoms with Gasteiger partial charge in [0.2, 0.25) is 10.0 Å². The van der Waals surface area contributed by atoms with Crippen LogP contribution in [0.4, 0.5) is 13.2 Å². The second-order valence-electron chi connectivity index (χ2n) is 5.82. The van der Waals surface area contributed by atoms with E-state index in [0.29, 0.717) is 32.2 Å². The third kappa shape index (κ3) is 4.18. The number of hydrogen-bond donors (Lipinski definition) is 0. The first kappa shape index (κ1) is 16.7. The molecular formula is C13H20F3NO3S. The summed E-state index contributed by atoms with van der Waals surface area (Å²) >= 11 is 0. The van der Waals surface area contributed by atoms with Gasteiger partial charge in [0.15, 0.2) is 0 Å². The zero-order valence-electron chi connectivity index (χ0n) is 11.7. The average molecular weight is 327 g/mol. The number of carbonyl (C=O) groups excluding carboxylic acids is 1. The smallest absolute Gasteiger partial charge is 0.299 e. The fraction of sp³-hybridized carbons (Fsp3) is 0.923. The number of alkyl halides is 3. The highest BCUT2D eigenvalue weighted by Crippen LogP contribution is 2.35. The van der Waals surface area contributed by atoms with Gasteiger partial charge >= 0.3 is 6.18 Å². The Kier molecular flexibility index (Phi) is 4.97. The number of hydrogen-bond acceptors (Lipinski definition) is 3. The molecule has 4 nitrogen and oxygen atoms in total. The van der Waals surface area contributed by atoms with Crippen LogP contribution in [0.2, 0.25) is 0 Å². The van der Waals surface area contributed by atoms with E-state index in [9.17, 15) is 26.4 Å². The van der Waals surface area contributed by atoms with Crippen LogP contribution in [0.15, 0.2) is 0 Å². The summed E-state index contributed by atoms with van der Waals surface area (Å²) in [5.41, 5.74) is 0. The number of nitrogens with zero attached hydrogens (tertiary/aromatic N) is 1. The number of ketones is 1. The van der Waals surface area contributed by atoms with Crippen molar-refractivity contribution in [3.63, 3.8) is 0 Å². The molecule has 0 aromatic heterocycles. The first-order chi connectivity index (χ1) is 9.71. The van der Waals surface area contributed by atoms with E-state index in [-0.39, 0.29) is 17.7 Å². The summed E-state index contributed by atoms with van der Waals surface area (Å²) in [6.07, 6.45) is -2.58. The molecule has 8 heteroatoms. The second kappa shape index (κ2) is 6.24. The average Bonchev–Trinajstić information content (AvgIpc) is 2.94. The predicted molar refractivity (Wildman–Crippen MR) is 71.2 cm³/mol. The normalized spacial score (nSPS) is 28.4. The molecule has 0 aromatic carbocycles. The largest absolute Gasteiger partial charge is 0.389 e. The number of sulfonamides is 1. The summed E-state index contributed by atoms with van der Waals surface area (Å²) in [7, 11) is -3.71. The van der Waals surface area contributed by atoms with Gasteiger partial charge in [-0.2, -0.15) is 17.5 Å². The molecule has 0 aromatic rings. The van der Waals surface area contributed by atoms with Crippen LogP contribution in [0.1, 0.15) is 44.9 Å². The Hall–Kier alpha value is -0.630. The Bertz CT molecular complexity index is 489. The molecule has 1 aliphatic heterocycles. The monoisotopic (exact) mass is 327 g/mol. The SMILES string of the molecule is O=C1CCCC1C1CCCN1S(=O)(=O)CCCC(F)(F)F. The van der Waals surface area contributed by atoms with E-state index in [4.69, 9.17) is 0 Å². The van der Waals surface area contributed by atoms with Gasteiger partial charge < -0.3 is 0 Å². The van der Waals surface area contributed by atoms with Crippen molar-refractivity contribution < 1.29 is 26.4 Å². The minimum absolute atomic E-state index is 0.0948. The molecule has 2 atom stereocenters. The van der Waals surface area contributed by atoms with Crippen LogP contribution in [0.25, 0.3) is 0 Å². The number of carbonyl (C=O) groups is 1. The van der Waals surface area contributed by atoms with Gasteiger partial charge in [-0.3, -0.25) is 4.79 Å². The molecule has 2 rings (SSSR count). The molecule has 0 amide bonds. The van der Waals surface area contributed by atoms with Gasteiger partial charge in [0.1, 0.15) is 5.78 Å². The van der Waals surface area contributed by atoms with E-state index < -0.39 is 34.8 Å². The van der Waals surface area contributed by atoms with E-state index in [1.165, 1.54) is 4.31 Å². The van der Waals surface area contributed by atoms with Crippen molar-refractivity contribution in [2.24, 2.45) is 5.92 Å². The molecule has 2 aliphatic rings. The van der Waals surface area contributed by atoms with Crippen LogP contribution < -0.4 is 0 Å². The molecule has 2 fully saturated rings. The summed E-state index contributed by atoms with van der Waals surface area (Å²) in [6.45, 7) is 0.322. The maximum Gasteiger partial charge on any atom is 0.389 e. The second-order valence-corrected chi connectivity index (χ2v) is 7.86. The van der Waals surface area contributed by atoms with E-state index in [2.05, 4.69) is 0 Å². The van der Waals surface area contributed by atoms with Crippen molar-refractivity contribution in [1.29, 1.82) is 0 Å².